The highest BCUT2D eigenvalue weighted by molar-refractivity contribution is 5.94. The first-order chi connectivity index (χ1) is 23.8. The first-order valence-corrected chi connectivity index (χ1v) is 18.3. The molecule has 0 aliphatic heterocycles. The van der Waals surface area contributed by atoms with E-state index in [1.807, 2.05) is 13.8 Å². The van der Waals surface area contributed by atoms with Crippen molar-refractivity contribution in [3.8, 4) is 0 Å². The lowest BCUT2D eigenvalue weighted by Gasteiger charge is -2.27. The summed E-state index contributed by atoms with van der Waals surface area (Å²) in [7, 11) is 0. The second kappa shape index (κ2) is 29.3. The second-order valence-electron chi connectivity index (χ2n) is 13.4. The zero-order chi connectivity index (χ0) is 37.7. The van der Waals surface area contributed by atoms with Crippen molar-refractivity contribution in [1.29, 1.82) is 0 Å². The number of primary amides is 1. The topological polar surface area (TPSA) is 251 Å². The van der Waals surface area contributed by atoms with E-state index in [1.54, 1.807) is 13.8 Å². The standard InChI is InChI=1S/C34H68N10O6/c1-24(2)23-29(46)39-21-11-18-37-16-8-9-17-38-19-12-22-40-31(47)27(14-10-20-41-34(36)50)43-33(49)30(25(3)4)44-32(48)28(42-26(5)45)13-6-7-15-35/h24-25,27-28,30,37-38H,6-23,35H2,1-5H3,(H,39,46)(H,40,47)(H,42,45)(H,43,49)(H,44,48)(H3,36,41,50)/t27-,28-,30-/m0/s1. The van der Waals surface area contributed by atoms with Gasteiger partial charge in [0.05, 0.1) is 0 Å². The van der Waals surface area contributed by atoms with Crippen LogP contribution in [0, 0.1) is 11.8 Å². The second-order valence-corrected chi connectivity index (χ2v) is 13.4. The van der Waals surface area contributed by atoms with Crippen LogP contribution in [0.1, 0.15) is 98.8 Å². The molecule has 0 aromatic heterocycles. The molecule has 0 fully saturated rings. The lowest BCUT2D eigenvalue weighted by atomic mass is 10.0. The Morgan fingerprint density at radius 2 is 1.10 bits per heavy atom. The molecule has 7 amide bonds. The molecule has 0 heterocycles. The van der Waals surface area contributed by atoms with Gasteiger partial charge in [-0.15, -0.1) is 0 Å². The Bertz CT molecular complexity index is 998. The monoisotopic (exact) mass is 713 g/mol. The van der Waals surface area contributed by atoms with E-state index in [-0.39, 0.29) is 36.6 Å². The zero-order valence-corrected chi connectivity index (χ0v) is 31.2. The van der Waals surface area contributed by atoms with E-state index in [0.29, 0.717) is 70.6 Å². The number of carbonyl (C=O) groups is 6. The van der Waals surface area contributed by atoms with E-state index in [9.17, 15) is 28.8 Å². The van der Waals surface area contributed by atoms with Crippen LogP contribution in [0.25, 0.3) is 0 Å². The molecule has 0 saturated carbocycles. The van der Waals surface area contributed by atoms with Crippen molar-refractivity contribution in [1.82, 2.24) is 42.5 Å². The fraction of sp³-hybridized carbons (Fsp3) is 0.824. The first kappa shape index (κ1) is 46.5. The molecule has 0 aromatic carbocycles. The number of urea groups is 1. The molecule has 0 aliphatic carbocycles. The molecule has 0 rings (SSSR count). The summed E-state index contributed by atoms with van der Waals surface area (Å²) in [6.07, 6.45) is 6.50. The van der Waals surface area contributed by atoms with Gasteiger partial charge in [-0.05, 0) is 102 Å². The van der Waals surface area contributed by atoms with Crippen molar-refractivity contribution in [2.75, 3.05) is 52.4 Å². The number of hydrogen-bond acceptors (Lipinski definition) is 9. The van der Waals surface area contributed by atoms with Crippen LogP contribution < -0.4 is 54.0 Å². The number of nitrogens with one attached hydrogen (secondary N) is 8. The Hall–Kier alpha value is -3.50. The normalized spacial score (nSPS) is 12.9. The van der Waals surface area contributed by atoms with Crippen molar-refractivity contribution in [3.05, 3.63) is 0 Å². The third kappa shape index (κ3) is 25.5. The summed E-state index contributed by atoms with van der Waals surface area (Å²) in [6.45, 7) is 14.1. The maximum absolute atomic E-state index is 13.4. The fourth-order valence-corrected chi connectivity index (χ4v) is 5.03. The molecule has 0 unspecified atom stereocenters. The van der Waals surface area contributed by atoms with Gasteiger partial charge in [-0.25, -0.2) is 4.79 Å². The number of unbranched alkanes of at least 4 members (excludes halogenated alkanes) is 2. The van der Waals surface area contributed by atoms with Crippen molar-refractivity contribution < 1.29 is 28.8 Å². The Morgan fingerprint density at radius 1 is 0.560 bits per heavy atom. The van der Waals surface area contributed by atoms with Gasteiger partial charge in [0.1, 0.15) is 18.1 Å². The van der Waals surface area contributed by atoms with Crippen LogP contribution in [-0.2, 0) is 24.0 Å². The van der Waals surface area contributed by atoms with Crippen LogP contribution in [0.5, 0.6) is 0 Å². The molecule has 0 aliphatic rings. The average molecular weight is 713 g/mol. The molecule has 0 saturated heterocycles. The summed E-state index contributed by atoms with van der Waals surface area (Å²) in [4.78, 5) is 74.1. The van der Waals surface area contributed by atoms with E-state index in [1.165, 1.54) is 6.92 Å². The van der Waals surface area contributed by atoms with E-state index in [2.05, 4.69) is 42.5 Å². The van der Waals surface area contributed by atoms with E-state index in [4.69, 9.17) is 11.5 Å². The summed E-state index contributed by atoms with van der Waals surface area (Å²) in [6, 6.07) is -3.35. The van der Waals surface area contributed by atoms with E-state index < -0.39 is 36.0 Å². The van der Waals surface area contributed by atoms with Crippen LogP contribution in [-0.4, -0.2) is 106 Å². The van der Waals surface area contributed by atoms with Gasteiger partial charge in [0.2, 0.25) is 29.5 Å². The third-order valence-electron chi connectivity index (χ3n) is 7.72. The Labute approximate surface area is 299 Å². The van der Waals surface area contributed by atoms with Gasteiger partial charge in [-0.2, -0.15) is 0 Å². The molecule has 3 atom stereocenters. The summed E-state index contributed by atoms with van der Waals surface area (Å²) in [5.41, 5.74) is 10.7. The number of amides is 7. The van der Waals surface area contributed by atoms with E-state index >= 15 is 0 Å². The largest absolute Gasteiger partial charge is 0.356 e. The van der Waals surface area contributed by atoms with Gasteiger partial charge in [0, 0.05) is 33.0 Å². The maximum Gasteiger partial charge on any atom is 0.312 e. The molecule has 290 valence electrons. The lowest BCUT2D eigenvalue weighted by Crippen LogP contribution is -2.58. The minimum atomic E-state index is -0.950. The molecule has 0 bridgehead atoms. The highest BCUT2D eigenvalue weighted by Crippen LogP contribution is 2.08. The molecule has 16 nitrogen and oxygen atoms in total. The van der Waals surface area contributed by atoms with Crippen LogP contribution in [0.15, 0.2) is 0 Å². The summed E-state index contributed by atoms with van der Waals surface area (Å²) >= 11 is 0. The van der Waals surface area contributed by atoms with Gasteiger partial charge in [-0.1, -0.05) is 27.7 Å². The van der Waals surface area contributed by atoms with Gasteiger partial charge in [-0.3, -0.25) is 24.0 Å². The molecule has 12 N–H and O–H groups in total. The molecule has 50 heavy (non-hydrogen) atoms. The number of nitrogens with two attached hydrogens (primary N) is 2. The highest BCUT2D eigenvalue weighted by Gasteiger charge is 2.31. The van der Waals surface area contributed by atoms with Crippen molar-refractivity contribution in [2.24, 2.45) is 23.3 Å². The maximum atomic E-state index is 13.4. The molecule has 16 heteroatoms. The summed E-state index contributed by atoms with van der Waals surface area (Å²) < 4.78 is 0. The highest BCUT2D eigenvalue weighted by atomic mass is 16.2. The summed E-state index contributed by atoms with van der Waals surface area (Å²) in [5.74, 6) is -1.57. The van der Waals surface area contributed by atoms with Gasteiger partial charge in [0.25, 0.3) is 0 Å². The predicted octanol–water partition coefficient (Wildman–Crippen LogP) is -0.288. The first-order valence-electron chi connectivity index (χ1n) is 18.3. The third-order valence-corrected chi connectivity index (χ3v) is 7.72. The number of hydrogen-bond donors (Lipinski definition) is 10. The Morgan fingerprint density at radius 3 is 1.64 bits per heavy atom. The number of rotatable bonds is 30. The van der Waals surface area contributed by atoms with E-state index in [0.717, 1.165) is 38.9 Å². The molecule has 0 aromatic rings. The zero-order valence-electron chi connectivity index (χ0n) is 31.2. The van der Waals surface area contributed by atoms with Gasteiger partial charge in [0.15, 0.2) is 0 Å². The minimum absolute atomic E-state index is 0.106. The summed E-state index contributed by atoms with van der Waals surface area (Å²) in [5, 5.41) is 23.2. The Balaban J connectivity index is 4.73. The van der Waals surface area contributed by atoms with Crippen LogP contribution in [0.4, 0.5) is 4.79 Å². The predicted molar refractivity (Wildman–Crippen MR) is 196 cm³/mol. The Kier molecular flexibility index (Phi) is 27.2. The SMILES string of the molecule is CC(=O)N[C@@H](CCCCN)C(=O)N[C@H](C(=O)N[C@@H](CCCNC(N)=O)C(=O)NCCCNCCCCNCCCNC(=O)CC(C)C)C(C)C. The number of carbonyl (C=O) groups excluding carboxylic acids is 6. The molecular weight excluding hydrogens is 644 g/mol. The van der Waals surface area contributed by atoms with Crippen molar-refractivity contribution in [2.45, 2.75) is 117 Å². The van der Waals surface area contributed by atoms with Gasteiger partial charge >= 0.3 is 6.03 Å². The molecule has 0 spiro atoms. The van der Waals surface area contributed by atoms with Crippen LogP contribution in [0.3, 0.4) is 0 Å². The average Bonchev–Trinajstić information content (AvgIpc) is 3.03. The molecule has 0 radical (unpaired) electrons. The van der Waals surface area contributed by atoms with Crippen molar-refractivity contribution in [3.63, 3.8) is 0 Å². The fourth-order valence-electron chi connectivity index (χ4n) is 5.03. The minimum Gasteiger partial charge on any atom is -0.356 e. The van der Waals surface area contributed by atoms with Crippen LogP contribution in [0.2, 0.25) is 0 Å². The van der Waals surface area contributed by atoms with Crippen molar-refractivity contribution >= 4 is 35.6 Å². The van der Waals surface area contributed by atoms with Gasteiger partial charge < -0.3 is 54.0 Å². The smallest absolute Gasteiger partial charge is 0.312 e. The molecular formula is C34H68N10O6. The van der Waals surface area contributed by atoms with Crippen LogP contribution >= 0.6 is 0 Å². The lowest BCUT2D eigenvalue weighted by molar-refractivity contribution is -0.134. The quantitative estimate of drug-likeness (QED) is 0.0439.